The highest BCUT2D eigenvalue weighted by atomic mass is 32.2. The molecule has 98 valence electrons. The second-order valence-electron chi connectivity index (χ2n) is 4.72. The van der Waals surface area contributed by atoms with E-state index in [-0.39, 0.29) is 5.91 Å². The zero-order valence-electron chi connectivity index (χ0n) is 11.0. The predicted molar refractivity (Wildman–Crippen MR) is 76.0 cm³/mol. The van der Waals surface area contributed by atoms with Gasteiger partial charge in [0, 0.05) is 30.6 Å². The van der Waals surface area contributed by atoms with Gasteiger partial charge in [0.05, 0.1) is 6.42 Å². The number of rotatable bonds is 3. The molecule has 0 aliphatic carbocycles. The van der Waals surface area contributed by atoms with Gasteiger partial charge >= 0.3 is 0 Å². The third-order valence-corrected chi connectivity index (χ3v) is 3.98. The quantitative estimate of drug-likeness (QED) is 0.845. The molecule has 2 rings (SSSR count). The van der Waals surface area contributed by atoms with E-state index in [0.29, 0.717) is 12.5 Å². The first-order chi connectivity index (χ1) is 8.69. The molecule has 1 aliphatic heterocycles. The van der Waals surface area contributed by atoms with Crippen molar-refractivity contribution in [2.24, 2.45) is 0 Å². The zero-order chi connectivity index (χ0) is 13.0. The van der Waals surface area contributed by atoms with Gasteiger partial charge in [-0.15, -0.1) is 11.8 Å². The van der Waals surface area contributed by atoms with Crippen LogP contribution in [0.1, 0.15) is 12.5 Å². The largest absolute Gasteiger partial charge is 0.340 e. The number of nitrogens with zero attached hydrogens (tertiary/aromatic N) is 1. The van der Waals surface area contributed by atoms with Gasteiger partial charge in [-0.05, 0) is 30.9 Å². The average molecular weight is 264 g/mol. The first-order valence-corrected chi connectivity index (χ1v) is 7.55. The van der Waals surface area contributed by atoms with E-state index in [2.05, 4.69) is 42.8 Å². The summed E-state index contributed by atoms with van der Waals surface area (Å²) in [5, 5.41) is 3.35. The molecule has 1 heterocycles. The standard InChI is InChI=1S/C14H20N2OS/c1-11-10-16(8-7-15-11)14(17)9-12-3-5-13(18-2)6-4-12/h3-6,11,15H,7-10H2,1-2H3. The second-order valence-corrected chi connectivity index (χ2v) is 5.60. The molecule has 1 N–H and O–H groups in total. The Morgan fingerprint density at radius 3 is 2.78 bits per heavy atom. The number of amides is 1. The summed E-state index contributed by atoms with van der Waals surface area (Å²) in [6.45, 7) is 4.67. The number of thioether (sulfide) groups is 1. The summed E-state index contributed by atoms with van der Waals surface area (Å²) < 4.78 is 0. The highest BCUT2D eigenvalue weighted by Crippen LogP contribution is 2.15. The van der Waals surface area contributed by atoms with Gasteiger partial charge in [0.1, 0.15) is 0 Å². The lowest BCUT2D eigenvalue weighted by Gasteiger charge is -2.32. The molecule has 3 nitrogen and oxygen atoms in total. The Hall–Kier alpha value is -1.00. The minimum absolute atomic E-state index is 0.236. The molecule has 1 aliphatic rings. The van der Waals surface area contributed by atoms with Crippen LogP contribution < -0.4 is 5.32 Å². The van der Waals surface area contributed by atoms with E-state index in [1.54, 1.807) is 11.8 Å². The normalized spacial score (nSPS) is 19.9. The van der Waals surface area contributed by atoms with Gasteiger partial charge in [-0.3, -0.25) is 4.79 Å². The molecule has 1 fully saturated rings. The lowest BCUT2D eigenvalue weighted by atomic mass is 10.1. The second kappa shape index (κ2) is 6.25. The summed E-state index contributed by atoms with van der Waals surface area (Å²) in [5.41, 5.74) is 1.10. The maximum atomic E-state index is 12.2. The summed E-state index contributed by atoms with van der Waals surface area (Å²) >= 11 is 1.72. The molecule has 4 heteroatoms. The van der Waals surface area contributed by atoms with E-state index in [1.807, 2.05) is 4.90 Å². The van der Waals surface area contributed by atoms with Crippen molar-refractivity contribution in [1.29, 1.82) is 0 Å². The minimum Gasteiger partial charge on any atom is -0.340 e. The van der Waals surface area contributed by atoms with Gasteiger partial charge in [-0.2, -0.15) is 0 Å². The van der Waals surface area contributed by atoms with Gasteiger partial charge in [0.25, 0.3) is 0 Å². The van der Waals surface area contributed by atoms with Crippen molar-refractivity contribution in [3.05, 3.63) is 29.8 Å². The molecule has 1 aromatic carbocycles. The molecule has 18 heavy (non-hydrogen) atoms. The van der Waals surface area contributed by atoms with Gasteiger partial charge in [0.2, 0.25) is 5.91 Å². The molecule has 0 aromatic heterocycles. The van der Waals surface area contributed by atoms with E-state index in [4.69, 9.17) is 0 Å². The summed E-state index contributed by atoms with van der Waals surface area (Å²) in [6.07, 6.45) is 2.57. The van der Waals surface area contributed by atoms with Crippen molar-refractivity contribution in [3.8, 4) is 0 Å². The van der Waals surface area contributed by atoms with E-state index in [1.165, 1.54) is 4.90 Å². The lowest BCUT2D eigenvalue weighted by molar-refractivity contribution is -0.131. The van der Waals surface area contributed by atoms with E-state index in [0.717, 1.165) is 25.2 Å². The molecular formula is C14H20N2OS. The predicted octanol–water partition coefficient (Wildman–Crippen LogP) is 1.77. The van der Waals surface area contributed by atoms with Crippen molar-refractivity contribution in [2.45, 2.75) is 24.3 Å². The van der Waals surface area contributed by atoms with E-state index < -0.39 is 0 Å². The number of carbonyl (C=O) groups excluding carboxylic acids is 1. The number of benzene rings is 1. The number of carbonyl (C=O) groups is 1. The zero-order valence-corrected chi connectivity index (χ0v) is 11.8. The summed E-state index contributed by atoms with van der Waals surface area (Å²) in [4.78, 5) is 15.4. The van der Waals surface area contributed by atoms with Crippen LogP contribution in [0, 0.1) is 0 Å². The Morgan fingerprint density at radius 2 is 2.17 bits per heavy atom. The van der Waals surface area contributed by atoms with Crippen LogP contribution in [-0.2, 0) is 11.2 Å². The van der Waals surface area contributed by atoms with Crippen LogP contribution in [0.15, 0.2) is 29.2 Å². The van der Waals surface area contributed by atoms with Gasteiger partial charge in [0.15, 0.2) is 0 Å². The van der Waals surface area contributed by atoms with Gasteiger partial charge in [-0.25, -0.2) is 0 Å². The number of hydrogen-bond donors (Lipinski definition) is 1. The SMILES string of the molecule is CSc1ccc(CC(=O)N2CCNC(C)C2)cc1. The number of piperazine rings is 1. The Bertz CT molecular complexity index is 405. The number of nitrogens with one attached hydrogen (secondary N) is 1. The van der Waals surface area contributed by atoms with Crippen LogP contribution in [0.25, 0.3) is 0 Å². The third kappa shape index (κ3) is 3.50. The van der Waals surface area contributed by atoms with Crippen LogP contribution in [0.4, 0.5) is 0 Å². The van der Waals surface area contributed by atoms with Crippen molar-refractivity contribution in [1.82, 2.24) is 10.2 Å². The fraction of sp³-hybridized carbons (Fsp3) is 0.500. The molecule has 0 bridgehead atoms. The highest BCUT2D eigenvalue weighted by molar-refractivity contribution is 7.98. The topological polar surface area (TPSA) is 32.3 Å². The molecule has 0 saturated carbocycles. The molecule has 0 spiro atoms. The summed E-state index contributed by atoms with van der Waals surface area (Å²) in [6, 6.07) is 8.66. The summed E-state index contributed by atoms with van der Waals surface area (Å²) in [5.74, 6) is 0.236. The molecular weight excluding hydrogens is 244 g/mol. The Balaban J connectivity index is 1.93. The van der Waals surface area contributed by atoms with Crippen LogP contribution in [0.5, 0.6) is 0 Å². The minimum atomic E-state index is 0.236. The van der Waals surface area contributed by atoms with Crippen LogP contribution in [0.2, 0.25) is 0 Å². The maximum absolute atomic E-state index is 12.2. The van der Waals surface area contributed by atoms with Crippen LogP contribution in [0.3, 0.4) is 0 Å². The van der Waals surface area contributed by atoms with Crippen molar-refractivity contribution in [2.75, 3.05) is 25.9 Å². The molecule has 1 atom stereocenters. The third-order valence-electron chi connectivity index (χ3n) is 3.24. The first kappa shape index (κ1) is 13.4. The van der Waals surface area contributed by atoms with E-state index >= 15 is 0 Å². The van der Waals surface area contributed by atoms with Gasteiger partial charge < -0.3 is 10.2 Å². The van der Waals surface area contributed by atoms with Crippen molar-refractivity contribution < 1.29 is 4.79 Å². The summed E-state index contributed by atoms with van der Waals surface area (Å²) in [7, 11) is 0. The van der Waals surface area contributed by atoms with Crippen LogP contribution >= 0.6 is 11.8 Å². The smallest absolute Gasteiger partial charge is 0.227 e. The molecule has 1 aromatic rings. The molecule has 0 radical (unpaired) electrons. The van der Waals surface area contributed by atoms with Crippen molar-refractivity contribution in [3.63, 3.8) is 0 Å². The fourth-order valence-corrected chi connectivity index (χ4v) is 2.60. The van der Waals surface area contributed by atoms with E-state index in [9.17, 15) is 4.79 Å². The Morgan fingerprint density at radius 1 is 1.44 bits per heavy atom. The fourth-order valence-electron chi connectivity index (χ4n) is 2.19. The monoisotopic (exact) mass is 264 g/mol. The molecule has 1 unspecified atom stereocenters. The molecule has 1 amide bonds. The Labute approximate surface area is 113 Å². The lowest BCUT2D eigenvalue weighted by Crippen LogP contribution is -2.51. The molecule has 1 saturated heterocycles. The highest BCUT2D eigenvalue weighted by Gasteiger charge is 2.20. The van der Waals surface area contributed by atoms with Crippen LogP contribution in [-0.4, -0.2) is 42.7 Å². The number of hydrogen-bond acceptors (Lipinski definition) is 3. The first-order valence-electron chi connectivity index (χ1n) is 6.33. The Kier molecular flexibility index (Phi) is 4.66. The maximum Gasteiger partial charge on any atom is 0.227 e. The van der Waals surface area contributed by atoms with Gasteiger partial charge in [-0.1, -0.05) is 12.1 Å². The van der Waals surface area contributed by atoms with Crippen molar-refractivity contribution >= 4 is 17.7 Å². The average Bonchev–Trinajstić information content (AvgIpc) is 2.39.